The molecule has 0 spiro atoms. The van der Waals surface area contributed by atoms with Crippen LogP contribution >= 0.6 is 0 Å². The highest BCUT2D eigenvalue weighted by molar-refractivity contribution is 5.92. The van der Waals surface area contributed by atoms with Gasteiger partial charge in [0.25, 0.3) is 0 Å². The summed E-state index contributed by atoms with van der Waals surface area (Å²) >= 11 is 0. The van der Waals surface area contributed by atoms with Gasteiger partial charge in [-0.05, 0) is 85.6 Å². The number of anilines is 1. The molecular formula is C33H38N4O2. The lowest BCUT2D eigenvalue weighted by molar-refractivity contribution is -0.130. The van der Waals surface area contributed by atoms with Gasteiger partial charge in [-0.3, -0.25) is 9.59 Å². The summed E-state index contributed by atoms with van der Waals surface area (Å²) in [7, 11) is 0. The number of carbonyl (C=O) groups is 2. The number of nitrogens with two attached hydrogens (primary N) is 1. The van der Waals surface area contributed by atoms with Crippen molar-refractivity contribution < 1.29 is 9.59 Å². The van der Waals surface area contributed by atoms with Crippen molar-refractivity contribution >= 4 is 17.6 Å². The lowest BCUT2D eigenvalue weighted by atomic mass is 9.72. The van der Waals surface area contributed by atoms with Crippen LogP contribution in [0.5, 0.6) is 0 Å². The summed E-state index contributed by atoms with van der Waals surface area (Å²) < 4.78 is 0. The molecule has 3 aromatic rings. The number of hydrogen-bond donors (Lipinski definition) is 2. The van der Waals surface area contributed by atoms with Crippen LogP contribution in [0.3, 0.4) is 0 Å². The van der Waals surface area contributed by atoms with Crippen molar-refractivity contribution in [1.82, 2.24) is 9.88 Å². The van der Waals surface area contributed by atoms with E-state index in [-0.39, 0.29) is 11.4 Å². The normalized spacial score (nSPS) is 22.4. The topological polar surface area (TPSA) is 88.3 Å². The van der Waals surface area contributed by atoms with E-state index >= 15 is 0 Å². The van der Waals surface area contributed by atoms with Gasteiger partial charge in [0.1, 0.15) is 5.82 Å². The van der Waals surface area contributed by atoms with Crippen LogP contribution in [-0.2, 0) is 15.1 Å². The van der Waals surface area contributed by atoms with Crippen molar-refractivity contribution in [2.24, 2.45) is 11.7 Å². The molecule has 1 aromatic heterocycles. The molecule has 2 aliphatic carbocycles. The minimum atomic E-state index is -0.183. The van der Waals surface area contributed by atoms with Crippen LogP contribution in [0.2, 0.25) is 0 Å². The molecule has 3 aliphatic rings. The number of rotatable bonds is 7. The van der Waals surface area contributed by atoms with Crippen LogP contribution < -0.4 is 11.1 Å². The number of carbonyl (C=O) groups excluding carboxylic acids is 2. The second-order valence-electron chi connectivity index (χ2n) is 11.7. The average Bonchev–Trinajstić information content (AvgIpc) is 3.38. The zero-order valence-electron chi connectivity index (χ0n) is 22.6. The fraction of sp³-hybridized carbons (Fsp3) is 0.424. The Bertz CT molecular complexity index is 1330. The van der Waals surface area contributed by atoms with Gasteiger partial charge in [-0.2, -0.15) is 0 Å². The molecule has 202 valence electrons. The Morgan fingerprint density at radius 2 is 1.67 bits per heavy atom. The van der Waals surface area contributed by atoms with E-state index in [0.29, 0.717) is 36.5 Å². The average molecular weight is 523 g/mol. The second kappa shape index (κ2) is 10.9. The van der Waals surface area contributed by atoms with E-state index < -0.39 is 0 Å². The first-order valence-corrected chi connectivity index (χ1v) is 14.5. The lowest BCUT2D eigenvalue weighted by Crippen LogP contribution is -2.43. The number of hydrogen-bond acceptors (Lipinski definition) is 4. The van der Waals surface area contributed by atoms with Crippen LogP contribution in [-0.4, -0.2) is 34.3 Å². The molecule has 1 aliphatic heterocycles. The first-order valence-electron chi connectivity index (χ1n) is 14.5. The van der Waals surface area contributed by atoms with Crippen molar-refractivity contribution in [3.63, 3.8) is 0 Å². The van der Waals surface area contributed by atoms with E-state index in [1.165, 1.54) is 12.0 Å². The molecule has 0 radical (unpaired) electrons. The highest BCUT2D eigenvalue weighted by Gasteiger charge is 2.34. The first-order chi connectivity index (χ1) is 19.0. The Hall–Kier alpha value is -3.51. The fourth-order valence-corrected chi connectivity index (χ4v) is 6.61. The molecule has 39 heavy (non-hydrogen) atoms. The molecule has 0 unspecified atom stereocenters. The summed E-state index contributed by atoms with van der Waals surface area (Å²) in [6.07, 6.45) is 11.3. The summed E-state index contributed by atoms with van der Waals surface area (Å²) in [6, 6.07) is 21.2. The minimum Gasteiger partial charge on any atom is -0.340 e. The number of pyridine rings is 1. The van der Waals surface area contributed by atoms with Crippen LogP contribution in [0.25, 0.3) is 22.3 Å². The van der Waals surface area contributed by atoms with Gasteiger partial charge in [0.2, 0.25) is 11.8 Å². The second-order valence-corrected chi connectivity index (χ2v) is 11.7. The molecule has 2 heterocycles. The molecular weight excluding hydrogens is 484 g/mol. The third-order valence-corrected chi connectivity index (χ3v) is 9.11. The van der Waals surface area contributed by atoms with Gasteiger partial charge >= 0.3 is 0 Å². The highest BCUT2D eigenvalue weighted by atomic mass is 16.2. The minimum absolute atomic E-state index is 0.00746. The maximum absolute atomic E-state index is 13.0. The summed E-state index contributed by atoms with van der Waals surface area (Å²) in [5.41, 5.74) is 11.8. The molecule has 6 nitrogen and oxygen atoms in total. The Labute approximate surface area is 231 Å². The van der Waals surface area contributed by atoms with E-state index in [1.807, 2.05) is 30.5 Å². The van der Waals surface area contributed by atoms with Gasteiger partial charge in [0, 0.05) is 42.7 Å². The first kappa shape index (κ1) is 25.8. The maximum atomic E-state index is 13.0. The largest absolute Gasteiger partial charge is 0.340 e. The predicted octanol–water partition coefficient (Wildman–Crippen LogP) is 6.26. The number of nitrogens with one attached hydrogen (secondary N) is 1. The fourth-order valence-electron chi connectivity index (χ4n) is 6.61. The van der Waals surface area contributed by atoms with Gasteiger partial charge in [0.05, 0.1) is 0 Å². The van der Waals surface area contributed by atoms with Gasteiger partial charge in [0.15, 0.2) is 0 Å². The van der Waals surface area contributed by atoms with Crippen molar-refractivity contribution in [2.75, 3.05) is 11.9 Å². The van der Waals surface area contributed by atoms with Crippen LogP contribution in [0.15, 0.2) is 66.9 Å². The molecule has 0 bridgehead atoms. The van der Waals surface area contributed by atoms with Crippen LogP contribution in [0.4, 0.5) is 5.82 Å². The van der Waals surface area contributed by atoms with Crippen molar-refractivity contribution in [1.29, 1.82) is 0 Å². The molecule has 6 heteroatoms. The van der Waals surface area contributed by atoms with Crippen molar-refractivity contribution in [2.45, 2.75) is 75.8 Å². The van der Waals surface area contributed by atoms with Crippen molar-refractivity contribution in [3.05, 3.63) is 72.4 Å². The molecule has 2 amide bonds. The number of likely N-dealkylation sites (tertiary alicyclic amines) is 1. The molecule has 3 N–H and O–H groups in total. The smallest absolute Gasteiger partial charge is 0.225 e. The monoisotopic (exact) mass is 522 g/mol. The summed E-state index contributed by atoms with van der Waals surface area (Å²) in [4.78, 5) is 31.8. The number of aromatic nitrogens is 1. The zero-order chi connectivity index (χ0) is 26.8. The molecule has 6 rings (SSSR count). The Kier molecular flexibility index (Phi) is 7.22. The van der Waals surface area contributed by atoms with Gasteiger partial charge in [-0.15, -0.1) is 0 Å². The highest BCUT2D eigenvalue weighted by Crippen LogP contribution is 2.40. The maximum Gasteiger partial charge on any atom is 0.225 e. The molecule has 1 saturated heterocycles. The van der Waals surface area contributed by atoms with E-state index in [4.69, 9.17) is 5.73 Å². The number of amides is 2. The molecule has 2 aromatic carbocycles. The molecule has 2 saturated carbocycles. The Morgan fingerprint density at radius 1 is 0.949 bits per heavy atom. The Morgan fingerprint density at radius 3 is 2.31 bits per heavy atom. The number of nitrogens with zero attached hydrogens (tertiary/aromatic N) is 2. The van der Waals surface area contributed by atoms with Gasteiger partial charge in [-0.25, -0.2) is 4.98 Å². The lowest BCUT2D eigenvalue weighted by Gasteiger charge is -2.38. The van der Waals surface area contributed by atoms with E-state index in [9.17, 15) is 9.59 Å². The summed E-state index contributed by atoms with van der Waals surface area (Å²) in [6.45, 7) is 0.901. The standard InChI is InChI=1S/C33H38N4O2/c34-33(17-5-18-33)26-13-11-25(12-14-26)29-22-35-30(21-28(29)24-6-2-1-3-7-24)36-31(38)20-23-9-15-27(16-10-23)37-19-4-8-32(37)39/h1-3,6-7,11-14,21-23,27H,4-5,8-10,15-20,34H2,(H,35,36,38)/t23-,27-. The number of benzene rings is 2. The van der Waals surface area contributed by atoms with Crippen LogP contribution in [0, 0.1) is 5.92 Å². The van der Waals surface area contributed by atoms with Gasteiger partial charge < -0.3 is 16.0 Å². The van der Waals surface area contributed by atoms with Crippen molar-refractivity contribution in [3.8, 4) is 22.3 Å². The SMILES string of the molecule is NC1(c2ccc(-c3cnc(NC(=O)C[C@H]4CC[C@H](N5CCCC5=O)CC4)cc3-c3ccccc3)cc2)CCC1. The zero-order valence-corrected chi connectivity index (χ0v) is 22.6. The molecule has 0 atom stereocenters. The van der Waals surface area contributed by atoms with E-state index in [0.717, 1.165) is 73.7 Å². The quantitative estimate of drug-likeness (QED) is 0.383. The summed E-state index contributed by atoms with van der Waals surface area (Å²) in [5, 5.41) is 3.06. The summed E-state index contributed by atoms with van der Waals surface area (Å²) in [5.74, 6) is 1.24. The molecule has 3 fully saturated rings. The van der Waals surface area contributed by atoms with E-state index in [2.05, 4.69) is 51.6 Å². The third kappa shape index (κ3) is 5.48. The third-order valence-electron chi connectivity index (χ3n) is 9.11. The Balaban J connectivity index is 1.15. The van der Waals surface area contributed by atoms with Crippen LogP contribution in [0.1, 0.15) is 69.8 Å². The van der Waals surface area contributed by atoms with Gasteiger partial charge in [-0.1, -0.05) is 54.6 Å². The van der Waals surface area contributed by atoms with E-state index in [1.54, 1.807) is 0 Å². The predicted molar refractivity (Wildman–Crippen MR) is 155 cm³/mol.